The second-order valence-corrected chi connectivity index (χ2v) is 2.43. The first-order valence-corrected chi connectivity index (χ1v) is 3.76. The zero-order valence-corrected chi connectivity index (χ0v) is 6.54. The summed E-state index contributed by atoms with van der Waals surface area (Å²) >= 11 is 0. The van der Waals surface area contributed by atoms with Crippen molar-refractivity contribution in [1.29, 1.82) is 0 Å². The summed E-state index contributed by atoms with van der Waals surface area (Å²) in [5.74, 6) is 0. The monoisotopic (exact) mass is 142 g/mol. The van der Waals surface area contributed by atoms with Crippen molar-refractivity contribution in [3.63, 3.8) is 0 Å². The Kier molecular flexibility index (Phi) is 2.90. The van der Waals surface area contributed by atoms with Crippen LogP contribution < -0.4 is 0 Å². The molecular weight excluding hydrogens is 128 g/mol. The summed E-state index contributed by atoms with van der Waals surface area (Å²) in [7, 11) is 0. The van der Waals surface area contributed by atoms with Gasteiger partial charge in [0.1, 0.15) is 0 Å². The van der Waals surface area contributed by atoms with Crippen molar-refractivity contribution in [3.05, 3.63) is 12.2 Å². The minimum Gasteiger partial charge on any atom is -0.349 e. The van der Waals surface area contributed by atoms with E-state index in [1.807, 2.05) is 13.0 Å². The summed E-state index contributed by atoms with van der Waals surface area (Å²) in [5, 5.41) is 0. The Morgan fingerprint density at radius 1 is 1.70 bits per heavy atom. The van der Waals surface area contributed by atoms with Crippen molar-refractivity contribution >= 4 is 0 Å². The Morgan fingerprint density at radius 3 is 3.10 bits per heavy atom. The summed E-state index contributed by atoms with van der Waals surface area (Å²) in [6, 6.07) is 0. The van der Waals surface area contributed by atoms with Gasteiger partial charge in [-0.25, -0.2) is 0 Å². The Hall–Kier alpha value is -0.340. The largest absolute Gasteiger partial charge is 0.349 e. The predicted octanol–water partition coefficient (Wildman–Crippen LogP) is 1.71. The summed E-state index contributed by atoms with van der Waals surface area (Å²) in [6.07, 6.45) is 5.27. The molecule has 1 aliphatic rings. The van der Waals surface area contributed by atoms with Crippen molar-refractivity contribution in [2.45, 2.75) is 32.7 Å². The third-order valence-corrected chi connectivity index (χ3v) is 1.46. The average molecular weight is 142 g/mol. The lowest BCUT2D eigenvalue weighted by atomic mass is 10.2. The van der Waals surface area contributed by atoms with Crippen LogP contribution in [0.3, 0.4) is 0 Å². The molecule has 0 aliphatic carbocycles. The number of ether oxygens (including phenoxy) is 2. The molecule has 0 spiro atoms. The van der Waals surface area contributed by atoms with Gasteiger partial charge in [0.05, 0.1) is 6.10 Å². The summed E-state index contributed by atoms with van der Waals surface area (Å²) in [6.45, 7) is 4.73. The fraction of sp³-hybridized carbons (Fsp3) is 0.750. The van der Waals surface area contributed by atoms with Gasteiger partial charge >= 0.3 is 0 Å². The Balaban J connectivity index is 2.32. The van der Waals surface area contributed by atoms with E-state index in [2.05, 4.69) is 13.0 Å². The molecule has 0 radical (unpaired) electrons. The van der Waals surface area contributed by atoms with Crippen LogP contribution in [0.5, 0.6) is 0 Å². The van der Waals surface area contributed by atoms with Crippen LogP contribution >= 0.6 is 0 Å². The van der Waals surface area contributed by atoms with Gasteiger partial charge in [-0.05, 0) is 26.3 Å². The SMILES string of the molecule is CCO[C@@H]1C=CC[C@H](C)O1. The molecule has 0 bridgehead atoms. The van der Waals surface area contributed by atoms with Gasteiger partial charge in [0.15, 0.2) is 6.29 Å². The highest BCUT2D eigenvalue weighted by atomic mass is 16.7. The van der Waals surface area contributed by atoms with Gasteiger partial charge in [-0.1, -0.05) is 6.08 Å². The molecule has 0 aromatic heterocycles. The third kappa shape index (κ3) is 2.12. The van der Waals surface area contributed by atoms with Gasteiger partial charge in [0.2, 0.25) is 0 Å². The zero-order chi connectivity index (χ0) is 7.40. The maximum Gasteiger partial charge on any atom is 0.177 e. The Labute approximate surface area is 61.8 Å². The van der Waals surface area contributed by atoms with Crippen LogP contribution in [0.2, 0.25) is 0 Å². The van der Waals surface area contributed by atoms with E-state index in [9.17, 15) is 0 Å². The van der Waals surface area contributed by atoms with Crippen molar-refractivity contribution in [2.24, 2.45) is 0 Å². The van der Waals surface area contributed by atoms with Gasteiger partial charge in [-0.2, -0.15) is 0 Å². The van der Waals surface area contributed by atoms with Crippen LogP contribution in [0.1, 0.15) is 20.3 Å². The maximum absolute atomic E-state index is 5.42. The van der Waals surface area contributed by atoms with Gasteiger partial charge in [-0.15, -0.1) is 0 Å². The second-order valence-electron chi connectivity index (χ2n) is 2.43. The molecule has 0 unspecified atom stereocenters. The number of rotatable bonds is 2. The molecule has 1 rings (SSSR count). The molecule has 58 valence electrons. The lowest BCUT2D eigenvalue weighted by molar-refractivity contribution is -0.139. The minimum absolute atomic E-state index is 0.103. The van der Waals surface area contributed by atoms with E-state index in [4.69, 9.17) is 9.47 Å². The summed E-state index contributed by atoms with van der Waals surface area (Å²) < 4.78 is 10.7. The lowest BCUT2D eigenvalue weighted by Crippen LogP contribution is -2.23. The molecule has 1 heterocycles. The van der Waals surface area contributed by atoms with E-state index < -0.39 is 0 Å². The molecule has 0 saturated heterocycles. The van der Waals surface area contributed by atoms with Crippen LogP contribution in [0.4, 0.5) is 0 Å². The molecule has 2 nitrogen and oxygen atoms in total. The first-order chi connectivity index (χ1) is 4.83. The Morgan fingerprint density at radius 2 is 2.50 bits per heavy atom. The van der Waals surface area contributed by atoms with Crippen LogP contribution in [-0.2, 0) is 9.47 Å². The zero-order valence-electron chi connectivity index (χ0n) is 6.54. The van der Waals surface area contributed by atoms with Gasteiger partial charge in [0.25, 0.3) is 0 Å². The van der Waals surface area contributed by atoms with E-state index in [0.29, 0.717) is 12.7 Å². The van der Waals surface area contributed by atoms with Crippen molar-refractivity contribution < 1.29 is 9.47 Å². The van der Waals surface area contributed by atoms with E-state index >= 15 is 0 Å². The lowest BCUT2D eigenvalue weighted by Gasteiger charge is -2.22. The molecule has 0 amide bonds. The van der Waals surface area contributed by atoms with E-state index in [1.165, 1.54) is 0 Å². The molecule has 10 heavy (non-hydrogen) atoms. The molecular formula is C8H14O2. The Bertz CT molecular complexity index is 120. The van der Waals surface area contributed by atoms with Crippen LogP contribution in [0.25, 0.3) is 0 Å². The fourth-order valence-corrected chi connectivity index (χ4v) is 0.970. The summed E-state index contributed by atoms with van der Waals surface area (Å²) in [4.78, 5) is 0. The molecule has 0 aromatic rings. The number of hydrogen-bond acceptors (Lipinski definition) is 2. The highest BCUT2D eigenvalue weighted by molar-refractivity contribution is 4.91. The van der Waals surface area contributed by atoms with Gasteiger partial charge in [0, 0.05) is 6.61 Å². The molecule has 0 saturated carbocycles. The molecule has 0 N–H and O–H groups in total. The predicted molar refractivity (Wildman–Crippen MR) is 39.7 cm³/mol. The second kappa shape index (κ2) is 3.74. The first kappa shape index (κ1) is 7.76. The highest BCUT2D eigenvalue weighted by Crippen LogP contribution is 2.11. The first-order valence-electron chi connectivity index (χ1n) is 3.76. The molecule has 0 fully saturated rings. The van der Waals surface area contributed by atoms with Gasteiger partial charge < -0.3 is 9.47 Å². The van der Waals surface area contributed by atoms with Crippen LogP contribution in [0.15, 0.2) is 12.2 Å². The molecule has 2 atom stereocenters. The van der Waals surface area contributed by atoms with E-state index in [0.717, 1.165) is 6.42 Å². The quantitative estimate of drug-likeness (QED) is 0.546. The van der Waals surface area contributed by atoms with Crippen LogP contribution in [-0.4, -0.2) is 19.0 Å². The molecule has 0 aromatic carbocycles. The average Bonchev–Trinajstić information content (AvgIpc) is 1.88. The molecule has 2 heteroatoms. The van der Waals surface area contributed by atoms with Crippen LogP contribution in [0, 0.1) is 0 Å². The highest BCUT2D eigenvalue weighted by Gasteiger charge is 2.12. The molecule has 1 aliphatic heterocycles. The van der Waals surface area contributed by atoms with Crippen molar-refractivity contribution in [2.75, 3.05) is 6.61 Å². The number of hydrogen-bond donors (Lipinski definition) is 0. The normalized spacial score (nSPS) is 32.6. The van der Waals surface area contributed by atoms with Gasteiger partial charge in [-0.3, -0.25) is 0 Å². The van der Waals surface area contributed by atoms with E-state index in [-0.39, 0.29) is 6.29 Å². The van der Waals surface area contributed by atoms with Crippen molar-refractivity contribution in [1.82, 2.24) is 0 Å². The maximum atomic E-state index is 5.42. The third-order valence-electron chi connectivity index (χ3n) is 1.46. The van der Waals surface area contributed by atoms with E-state index in [1.54, 1.807) is 0 Å². The smallest absolute Gasteiger partial charge is 0.177 e. The standard InChI is InChI=1S/C8H14O2/c1-3-9-8-6-4-5-7(2)10-8/h4,6-8H,3,5H2,1-2H3/t7-,8-/m0/s1. The minimum atomic E-state index is -0.103. The topological polar surface area (TPSA) is 18.5 Å². The fourth-order valence-electron chi connectivity index (χ4n) is 0.970. The summed E-state index contributed by atoms with van der Waals surface area (Å²) in [5.41, 5.74) is 0. The van der Waals surface area contributed by atoms with Crippen molar-refractivity contribution in [3.8, 4) is 0 Å².